The van der Waals surface area contributed by atoms with E-state index in [1.807, 2.05) is 43.3 Å². The van der Waals surface area contributed by atoms with E-state index >= 15 is 0 Å². The van der Waals surface area contributed by atoms with Gasteiger partial charge in [-0.15, -0.1) is 0 Å². The molecule has 0 bridgehead atoms. The van der Waals surface area contributed by atoms with Crippen LogP contribution in [0.3, 0.4) is 0 Å². The minimum Gasteiger partial charge on any atom is -0.339 e. The maximum absolute atomic E-state index is 13.1. The fraction of sp³-hybridized carbons (Fsp3) is 0.300. The first-order valence-corrected chi connectivity index (χ1v) is 9.00. The number of hydrogen-bond acceptors (Lipinski definition) is 4. The quantitative estimate of drug-likeness (QED) is 0.698. The van der Waals surface area contributed by atoms with Gasteiger partial charge in [-0.2, -0.15) is 5.10 Å². The molecule has 3 aromatic rings. The number of aromatic nitrogens is 3. The molecule has 3 heterocycles. The molecule has 0 aliphatic carbocycles. The van der Waals surface area contributed by atoms with Gasteiger partial charge < -0.3 is 9.80 Å². The van der Waals surface area contributed by atoms with Crippen LogP contribution in [0.4, 0.5) is 0 Å². The molecular formula is C20H21N5O2. The van der Waals surface area contributed by atoms with Crippen LogP contribution in [0.25, 0.3) is 16.9 Å². The van der Waals surface area contributed by atoms with Crippen LogP contribution in [-0.2, 0) is 4.79 Å². The summed E-state index contributed by atoms with van der Waals surface area (Å²) in [5.41, 5.74) is 3.68. The van der Waals surface area contributed by atoms with Gasteiger partial charge in [0, 0.05) is 50.4 Å². The molecule has 0 unspecified atom stereocenters. The predicted octanol–water partition coefficient (Wildman–Crippen LogP) is 2.01. The van der Waals surface area contributed by atoms with Crippen LogP contribution >= 0.6 is 0 Å². The number of benzene rings is 1. The number of carbonyl (C=O) groups excluding carboxylic acids is 2. The van der Waals surface area contributed by atoms with Gasteiger partial charge in [-0.25, -0.2) is 9.50 Å². The third kappa shape index (κ3) is 3.28. The molecule has 7 nitrogen and oxygen atoms in total. The highest BCUT2D eigenvalue weighted by molar-refractivity contribution is 5.93. The number of nitrogens with zero attached hydrogens (tertiary/aromatic N) is 5. The lowest BCUT2D eigenvalue weighted by atomic mass is 10.2. The zero-order valence-corrected chi connectivity index (χ0v) is 15.4. The summed E-state index contributed by atoms with van der Waals surface area (Å²) in [6, 6.07) is 13.5. The van der Waals surface area contributed by atoms with Crippen molar-refractivity contribution in [2.45, 2.75) is 13.8 Å². The Bertz CT molecular complexity index is 1000. The third-order valence-electron chi connectivity index (χ3n) is 4.86. The highest BCUT2D eigenvalue weighted by Crippen LogP contribution is 2.21. The fourth-order valence-electron chi connectivity index (χ4n) is 3.39. The predicted molar refractivity (Wildman–Crippen MR) is 101 cm³/mol. The Morgan fingerprint density at radius 3 is 2.30 bits per heavy atom. The summed E-state index contributed by atoms with van der Waals surface area (Å²) in [4.78, 5) is 32.7. The van der Waals surface area contributed by atoms with Crippen molar-refractivity contribution in [3.05, 3.63) is 53.9 Å². The molecule has 1 aliphatic heterocycles. The largest absolute Gasteiger partial charge is 0.339 e. The molecule has 1 aliphatic rings. The molecule has 4 rings (SSSR count). The number of fused-ring (bicyclic) bond motifs is 1. The highest BCUT2D eigenvalue weighted by atomic mass is 16.2. The van der Waals surface area contributed by atoms with Crippen LogP contribution in [-0.4, -0.2) is 62.4 Å². The zero-order chi connectivity index (χ0) is 19.0. The summed E-state index contributed by atoms with van der Waals surface area (Å²) in [5, 5.41) is 4.63. The van der Waals surface area contributed by atoms with Crippen molar-refractivity contribution in [3.63, 3.8) is 0 Å². The van der Waals surface area contributed by atoms with E-state index in [2.05, 4.69) is 10.1 Å². The van der Waals surface area contributed by atoms with Gasteiger partial charge >= 0.3 is 0 Å². The Balaban J connectivity index is 1.68. The van der Waals surface area contributed by atoms with Crippen LogP contribution in [0.1, 0.15) is 23.1 Å². The third-order valence-corrected chi connectivity index (χ3v) is 4.86. The summed E-state index contributed by atoms with van der Waals surface area (Å²) in [5.74, 6) is -0.0414. The summed E-state index contributed by atoms with van der Waals surface area (Å²) in [6.45, 7) is 5.59. The maximum Gasteiger partial charge on any atom is 0.272 e. The van der Waals surface area contributed by atoms with Crippen molar-refractivity contribution >= 4 is 17.5 Å². The van der Waals surface area contributed by atoms with E-state index in [0.29, 0.717) is 37.5 Å². The molecule has 2 amide bonds. The Labute approximate surface area is 157 Å². The summed E-state index contributed by atoms with van der Waals surface area (Å²) in [7, 11) is 0. The van der Waals surface area contributed by atoms with Crippen LogP contribution in [0.15, 0.2) is 42.5 Å². The molecule has 0 spiro atoms. The van der Waals surface area contributed by atoms with Crippen LogP contribution in [0.5, 0.6) is 0 Å². The second kappa shape index (κ2) is 6.83. The normalized spacial score (nSPS) is 14.6. The van der Waals surface area contributed by atoms with Gasteiger partial charge in [0.25, 0.3) is 5.91 Å². The molecule has 138 valence electrons. The van der Waals surface area contributed by atoms with Gasteiger partial charge in [0.1, 0.15) is 5.69 Å². The number of carbonyl (C=O) groups is 2. The van der Waals surface area contributed by atoms with E-state index in [1.165, 1.54) is 0 Å². The van der Waals surface area contributed by atoms with Gasteiger partial charge in [0.05, 0.1) is 5.69 Å². The number of aryl methyl sites for hydroxylation is 1. The Hall–Kier alpha value is -3.22. The fourth-order valence-corrected chi connectivity index (χ4v) is 3.39. The maximum atomic E-state index is 13.1. The Morgan fingerprint density at radius 2 is 1.63 bits per heavy atom. The smallest absolute Gasteiger partial charge is 0.272 e. The molecule has 1 saturated heterocycles. The number of rotatable bonds is 2. The van der Waals surface area contributed by atoms with Crippen molar-refractivity contribution < 1.29 is 9.59 Å². The lowest BCUT2D eigenvalue weighted by molar-refractivity contribution is -0.130. The molecule has 0 radical (unpaired) electrons. The lowest BCUT2D eigenvalue weighted by Gasteiger charge is -2.34. The van der Waals surface area contributed by atoms with Gasteiger partial charge in [-0.3, -0.25) is 9.59 Å². The standard InChI is InChI=1S/C20H21N5O2/c1-14-12-18(20(27)24-10-8-23(9-11-24)15(2)26)25-19(21-14)13-17(22-25)16-6-4-3-5-7-16/h3-7,12-13H,8-11H2,1-2H3. The molecule has 0 atom stereocenters. The molecule has 0 N–H and O–H groups in total. The first-order chi connectivity index (χ1) is 13.0. The minimum absolute atomic E-state index is 0.0452. The van der Waals surface area contributed by atoms with Gasteiger partial charge in [0.2, 0.25) is 5.91 Å². The zero-order valence-electron chi connectivity index (χ0n) is 15.4. The summed E-state index contributed by atoms with van der Waals surface area (Å²) < 4.78 is 1.62. The van der Waals surface area contributed by atoms with Crippen molar-refractivity contribution in [2.75, 3.05) is 26.2 Å². The van der Waals surface area contributed by atoms with Crippen molar-refractivity contribution in [3.8, 4) is 11.3 Å². The van der Waals surface area contributed by atoms with E-state index in [9.17, 15) is 9.59 Å². The second-order valence-electron chi connectivity index (χ2n) is 6.75. The van der Waals surface area contributed by atoms with Crippen LogP contribution in [0, 0.1) is 6.92 Å². The highest BCUT2D eigenvalue weighted by Gasteiger charge is 2.25. The van der Waals surface area contributed by atoms with Gasteiger partial charge in [0.15, 0.2) is 5.65 Å². The van der Waals surface area contributed by atoms with Gasteiger partial charge in [-0.1, -0.05) is 30.3 Å². The topological polar surface area (TPSA) is 70.8 Å². The Kier molecular flexibility index (Phi) is 4.35. The molecule has 7 heteroatoms. The first-order valence-electron chi connectivity index (χ1n) is 9.00. The Morgan fingerprint density at radius 1 is 0.963 bits per heavy atom. The van der Waals surface area contributed by atoms with E-state index in [1.54, 1.807) is 27.3 Å². The van der Waals surface area contributed by atoms with Gasteiger partial charge in [-0.05, 0) is 13.0 Å². The summed E-state index contributed by atoms with van der Waals surface area (Å²) >= 11 is 0. The number of amides is 2. The first kappa shape index (κ1) is 17.2. The second-order valence-corrected chi connectivity index (χ2v) is 6.75. The van der Waals surface area contributed by atoms with Crippen molar-refractivity contribution in [1.29, 1.82) is 0 Å². The molecule has 2 aromatic heterocycles. The van der Waals surface area contributed by atoms with Crippen molar-refractivity contribution in [1.82, 2.24) is 24.4 Å². The molecule has 1 fully saturated rings. The SMILES string of the molecule is CC(=O)N1CCN(C(=O)c2cc(C)nc3cc(-c4ccccc4)nn23)CC1. The van der Waals surface area contributed by atoms with Crippen LogP contribution < -0.4 is 0 Å². The minimum atomic E-state index is -0.0867. The number of piperazine rings is 1. The summed E-state index contributed by atoms with van der Waals surface area (Å²) in [6.07, 6.45) is 0. The number of hydrogen-bond donors (Lipinski definition) is 0. The van der Waals surface area contributed by atoms with E-state index < -0.39 is 0 Å². The average molecular weight is 363 g/mol. The van der Waals surface area contributed by atoms with Crippen molar-refractivity contribution in [2.24, 2.45) is 0 Å². The van der Waals surface area contributed by atoms with E-state index in [-0.39, 0.29) is 11.8 Å². The van der Waals surface area contributed by atoms with E-state index in [4.69, 9.17) is 0 Å². The van der Waals surface area contributed by atoms with Crippen LogP contribution in [0.2, 0.25) is 0 Å². The molecule has 27 heavy (non-hydrogen) atoms. The monoisotopic (exact) mass is 363 g/mol. The van der Waals surface area contributed by atoms with E-state index in [0.717, 1.165) is 17.0 Å². The lowest BCUT2D eigenvalue weighted by Crippen LogP contribution is -2.50. The average Bonchev–Trinajstić information content (AvgIpc) is 3.11. The molecule has 0 saturated carbocycles. The molecule has 1 aromatic carbocycles. The molecular weight excluding hydrogens is 342 g/mol.